The molecule has 1 aliphatic heterocycles. The van der Waals surface area contributed by atoms with E-state index >= 15 is 0 Å². The van der Waals surface area contributed by atoms with E-state index in [0.717, 1.165) is 11.1 Å². The topological polar surface area (TPSA) is 74.3 Å². The maximum atomic E-state index is 12.5. The first kappa shape index (κ1) is 18.2. The van der Waals surface area contributed by atoms with Crippen molar-refractivity contribution in [2.45, 2.75) is 20.0 Å². The molecular weight excluding hydrogens is 372 g/mol. The van der Waals surface area contributed by atoms with Gasteiger partial charge in [0.15, 0.2) is 0 Å². The molecule has 1 aromatic carbocycles. The van der Waals surface area contributed by atoms with Gasteiger partial charge in [-0.25, -0.2) is 9.78 Å². The summed E-state index contributed by atoms with van der Waals surface area (Å²) in [5.74, 6) is 0.491. The van der Waals surface area contributed by atoms with Crippen LogP contribution in [0.5, 0.6) is 0 Å². The molecule has 0 atom stereocenters. The average Bonchev–Trinajstić information content (AvgIpc) is 3.01. The zero-order valence-corrected chi connectivity index (χ0v) is 16.5. The van der Waals surface area contributed by atoms with Gasteiger partial charge in [-0.1, -0.05) is 18.2 Å². The molecule has 0 spiro atoms. The number of pyridine rings is 1. The quantitative estimate of drug-likeness (QED) is 0.661. The fraction of sp³-hybridized carbons (Fsp3) is 0.190. The van der Waals surface area contributed by atoms with Gasteiger partial charge < -0.3 is 10.2 Å². The van der Waals surface area contributed by atoms with E-state index in [-0.39, 0.29) is 11.9 Å². The van der Waals surface area contributed by atoms with Crippen molar-refractivity contribution >= 4 is 45.3 Å². The highest BCUT2D eigenvalue weighted by molar-refractivity contribution is 7.19. The Kier molecular flexibility index (Phi) is 4.83. The highest BCUT2D eigenvalue weighted by atomic mass is 32.1. The van der Waals surface area contributed by atoms with Gasteiger partial charge in [-0.3, -0.25) is 10.1 Å². The summed E-state index contributed by atoms with van der Waals surface area (Å²) in [6.45, 7) is 3.11. The molecule has 142 valence electrons. The van der Waals surface area contributed by atoms with E-state index in [1.807, 2.05) is 18.2 Å². The van der Waals surface area contributed by atoms with Crippen molar-refractivity contribution < 1.29 is 9.59 Å². The summed E-state index contributed by atoms with van der Waals surface area (Å²) in [5, 5.41) is 6.61. The van der Waals surface area contributed by atoms with Crippen LogP contribution in [0.1, 0.15) is 21.6 Å². The number of aryl methyl sites for hydroxylation is 1. The summed E-state index contributed by atoms with van der Waals surface area (Å²) >= 11 is 1.73. The first-order valence-electron chi connectivity index (χ1n) is 8.95. The molecule has 3 amide bonds. The normalized spacial score (nSPS) is 13.3. The maximum absolute atomic E-state index is 12.5. The number of hydrogen-bond donors (Lipinski definition) is 2. The molecule has 0 fully saturated rings. The van der Waals surface area contributed by atoms with Crippen LogP contribution in [-0.4, -0.2) is 28.9 Å². The first-order valence-corrected chi connectivity index (χ1v) is 9.77. The Labute approximate surface area is 166 Å². The van der Waals surface area contributed by atoms with Gasteiger partial charge in [0.25, 0.3) is 0 Å². The molecule has 4 rings (SSSR count). The Bertz CT molecular complexity index is 1100. The molecule has 2 aromatic heterocycles. The van der Waals surface area contributed by atoms with Crippen molar-refractivity contribution in [2.24, 2.45) is 0 Å². The predicted molar refractivity (Wildman–Crippen MR) is 112 cm³/mol. The fourth-order valence-corrected chi connectivity index (χ4v) is 4.42. The molecule has 0 saturated carbocycles. The van der Waals surface area contributed by atoms with Crippen LogP contribution in [0.3, 0.4) is 0 Å². The third-order valence-electron chi connectivity index (χ3n) is 4.78. The number of hydrogen-bond acceptors (Lipinski definition) is 4. The highest BCUT2D eigenvalue weighted by Gasteiger charge is 2.15. The van der Waals surface area contributed by atoms with Crippen LogP contribution < -0.4 is 10.6 Å². The smallest absolute Gasteiger partial charge is 0.320 e. The number of thiophene rings is 1. The minimum absolute atomic E-state index is 0.0685. The van der Waals surface area contributed by atoms with E-state index in [4.69, 9.17) is 0 Å². The number of amides is 3. The van der Waals surface area contributed by atoms with Crippen LogP contribution in [0, 0.1) is 6.92 Å². The van der Waals surface area contributed by atoms with Gasteiger partial charge in [-0.2, -0.15) is 0 Å². The number of benzene rings is 1. The van der Waals surface area contributed by atoms with Gasteiger partial charge in [0.2, 0.25) is 5.91 Å². The third kappa shape index (κ3) is 3.61. The Hall–Kier alpha value is -3.19. The van der Waals surface area contributed by atoms with Crippen molar-refractivity contribution in [3.05, 3.63) is 64.2 Å². The standard InChI is InChI=1S/C21H20N4O2S/c1-13-16-5-3-4-6-17(16)28-18(13)12-25(2)19(26)8-7-14-9-15-11-23-21(27)24-20(15)22-10-14/h3-10H,11-12H2,1-2H3,(H2,22,23,24,27)/b8-7+. The van der Waals surface area contributed by atoms with Crippen LogP contribution >= 0.6 is 11.3 Å². The van der Waals surface area contributed by atoms with Crippen molar-refractivity contribution in [3.63, 3.8) is 0 Å². The number of fused-ring (bicyclic) bond motifs is 2. The van der Waals surface area contributed by atoms with Crippen LogP contribution in [0.4, 0.5) is 10.6 Å². The van der Waals surface area contributed by atoms with Crippen molar-refractivity contribution in [2.75, 3.05) is 12.4 Å². The number of likely N-dealkylation sites (N-methyl/N-ethyl adjacent to an activating group) is 1. The van der Waals surface area contributed by atoms with Crippen molar-refractivity contribution in [1.82, 2.24) is 15.2 Å². The number of carbonyl (C=O) groups excluding carboxylic acids is 2. The minimum atomic E-state index is -0.253. The molecule has 0 radical (unpaired) electrons. The number of carbonyl (C=O) groups is 2. The van der Waals surface area contributed by atoms with Crippen LogP contribution in [0.2, 0.25) is 0 Å². The van der Waals surface area contributed by atoms with E-state index in [1.165, 1.54) is 20.5 Å². The molecule has 0 unspecified atom stereocenters. The van der Waals surface area contributed by atoms with Gasteiger partial charge in [-0.15, -0.1) is 11.3 Å². The zero-order chi connectivity index (χ0) is 19.7. The summed E-state index contributed by atoms with van der Waals surface area (Å²) < 4.78 is 1.24. The molecule has 0 aliphatic carbocycles. The van der Waals surface area contributed by atoms with Gasteiger partial charge in [0.1, 0.15) is 5.82 Å². The monoisotopic (exact) mass is 392 g/mol. The Morgan fingerprint density at radius 3 is 3.00 bits per heavy atom. The summed E-state index contributed by atoms with van der Waals surface area (Å²) in [6.07, 6.45) is 4.95. The summed E-state index contributed by atoms with van der Waals surface area (Å²) in [6, 6.07) is 9.96. The lowest BCUT2D eigenvalue weighted by atomic mass is 10.1. The summed E-state index contributed by atoms with van der Waals surface area (Å²) in [5.41, 5.74) is 2.94. The second-order valence-electron chi connectivity index (χ2n) is 6.76. The van der Waals surface area contributed by atoms with E-state index in [9.17, 15) is 9.59 Å². The van der Waals surface area contributed by atoms with E-state index in [0.29, 0.717) is 18.9 Å². The maximum Gasteiger partial charge on any atom is 0.320 e. The van der Waals surface area contributed by atoms with Crippen LogP contribution in [0.25, 0.3) is 16.2 Å². The number of nitrogens with zero attached hydrogens (tertiary/aromatic N) is 2. The lowest BCUT2D eigenvalue weighted by Crippen LogP contribution is -2.33. The Morgan fingerprint density at radius 1 is 1.36 bits per heavy atom. The summed E-state index contributed by atoms with van der Waals surface area (Å²) in [4.78, 5) is 31.0. The summed E-state index contributed by atoms with van der Waals surface area (Å²) in [7, 11) is 1.81. The molecule has 3 aromatic rings. The van der Waals surface area contributed by atoms with E-state index in [1.54, 1.807) is 41.6 Å². The second-order valence-corrected chi connectivity index (χ2v) is 7.89. The lowest BCUT2D eigenvalue weighted by molar-refractivity contribution is -0.125. The molecule has 0 bridgehead atoms. The molecule has 28 heavy (non-hydrogen) atoms. The van der Waals surface area contributed by atoms with Gasteiger partial charge in [0.05, 0.1) is 6.54 Å². The lowest BCUT2D eigenvalue weighted by Gasteiger charge is -2.17. The van der Waals surface area contributed by atoms with Gasteiger partial charge in [-0.05, 0) is 41.6 Å². The zero-order valence-electron chi connectivity index (χ0n) is 15.7. The highest BCUT2D eigenvalue weighted by Crippen LogP contribution is 2.31. The number of rotatable bonds is 4. The second kappa shape index (κ2) is 7.44. The van der Waals surface area contributed by atoms with Crippen molar-refractivity contribution in [1.29, 1.82) is 0 Å². The average molecular weight is 392 g/mol. The van der Waals surface area contributed by atoms with Gasteiger partial charge in [0, 0.05) is 41.0 Å². The molecule has 2 N–H and O–H groups in total. The van der Waals surface area contributed by atoms with Crippen LogP contribution in [0.15, 0.2) is 42.6 Å². The minimum Gasteiger partial charge on any atom is -0.337 e. The first-order chi connectivity index (χ1) is 13.5. The SMILES string of the molecule is Cc1c(CN(C)C(=O)/C=C/c2cnc3c(c2)CNC(=O)N3)sc2ccccc12. The van der Waals surface area contributed by atoms with E-state index < -0.39 is 0 Å². The molecule has 0 saturated heterocycles. The van der Waals surface area contributed by atoms with Gasteiger partial charge >= 0.3 is 6.03 Å². The largest absolute Gasteiger partial charge is 0.337 e. The van der Waals surface area contributed by atoms with Crippen molar-refractivity contribution in [3.8, 4) is 0 Å². The molecule has 6 nitrogen and oxygen atoms in total. The Morgan fingerprint density at radius 2 is 2.18 bits per heavy atom. The molecule has 3 heterocycles. The number of nitrogens with one attached hydrogen (secondary N) is 2. The fourth-order valence-electron chi connectivity index (χ4n) is 3.16. The molecular formula is C21H20N4O2S. The predicted octanol–water partition coefficient (Wildman–Crippen LogP) is 3.91. The Balaban J connectivity index is 1.45. The van der Waals surface area contributed by atoms with Crippen LogP contribution in [-0.2, 0) is 17.9 Å². The third-order valence-corrected chi connectivity index (χ3v) is 6.03. The van der Waals surface area contributed by atoms with E-state index in [2.05, 4.69) is 34.7 Å². The molecule has 1 aliphatic rings. The number of anilines is 1. The molecule has 7 heteroatoms. The number of aromatic nitrogens is 1. The number of urea groups is 1.